The molecule has 0 bridgehead atoms. The van der Waals surface area contributed by atoms with Crippen LogP contribution in [0.5, 0.6) is 0 Å². The maximum absolute atomic E-state index is 12.3. The minimum Gasteiger partial charge on any atom is -0.376 e. The molecule has 0 aliphatic carbocycles. The molecule has 0 saturated carbocycles. The lowest BCUT2D eigenvalue weighted by atomic mass is 9.86. The molecule has 4 heteroatoms. The first kappa shape index (κ1) is 15.4. The standard InChI is InChI=1S/C14H28N2O2/c1-5-9-18-11-7-6-8-16(10-11)13(17)12(15)14(2,3)4/h11-12H,5-10,15H2,1-4H3. The van der Waals surface area contributed by atoms with Crippen LogP contribution in [-0.2, 0) is 9.53 Å². The molecule has 0 aromatic rings. The van der Waals surface area contributed by atoms with E-state index in [2.05, 4.69) is 6.92 Å². The zero-order valence-corrected chi connectivity index (χ0v) is 12.2. The molecule has 0 spiro atoms. The number of carbonyl (C=O) groups excluding carboxylic acids is 1. The van der Waals surface area contributed by atoms with Crippen LogP contribution in [0.1, 0.15) is 47.0 Å². The lowest BCUT2D eigenvalue weighted by Crippen LogP contribution is -2.54. The Morgan fingerprint density at radius 3 is 2.72 bits per heavy atom. The molecule has 106 valence electrons. The van der Waals surface area contributed by atoms with Gasteiger partial charge >= 0.3 is 0 Å². The molecule has 0 aromatic carbocycles. The number of ether oxygens (including phenoxy) is 1. The largest absolute Gasteiger partial charge is 0.376 e. The molecule has 2 atom stereocenters. The van der Waals surface area contributed by atoms with Crippen molar-refractivity contribution in [2.45, 2.75) is 59.1 Å². The number of amides is 1. The molecule has 1 fully saturated rings. The highest BCUT2D eigenvalue weighted by molar-refractivity contribution is 5.82. The number of piperidine rings is 1. The molecule has 1 aliphatic rings. The van der Waals surface area contributed by atoms with Crippen LogP contribution in [-0.4, -0.2) is 42.6 Å². The quantitative estimate of drug-likeness (QED) is 0.834. The van der Waals surface area contributed by atoms with E-state index in [1.165, 1.54) is 0 Å². The van der Waals surface area contributed by atoms with Gasteiger partial charge in [-0.1, -0.05) is 27.7 Å². The molecule has 2 N–H and O–H groups in total. The first-order valence-electron chi connectivity index (χ1n) is 7.02. The van der Waals surface area contributed by atoms with Gasteiger partial charge in [0.2, 0.25) is 5.91 Å². The van der Waals surface area contributed by atoms with Gasteiger partial charge in [-0.2, -0.15) is 0 Å². The van der Waals surface area contributed by atoms with Gasteiger partial charge in [0.05, 0.1) is 12.1 Å². The molecule has 0 radical (unpaired) electrons. The van der Waals surface area contributed by atoms with Crippen LogP contribution in [0.3, 0.4) is 0 Å². The second-order valence-electron chi connectivity index (χ2n) is 6.26. The van der Waals surface area contributed by atoms with E-state index < -0.39 is 6.04 Å². The normalized spacial score (nSPS) is 22.9. The number of likely N-dealkylation sites (tertiary alicyclic amines) is 1. The van der Waals surface area contributed by atoms with Crippen LogP contribution >= 0.6 is 0 Å². The second-order valence-corrected chi connectivity index (χ2v) is 6.26. The summed E-state index contributed by atoms with van der Waals surface area (Å²) >= 11 is 0. The second kappa shape index (κ2) is 6.53. The van der Waals surface area contributed by atoms with Crippen molar-refractivity contribution in [2.24, 2.45) is 11.1 Å². The summed E-state index contributed by atoms with van der Waals surface area (Å²) in [6.45, 7) is 10.4. The minimum atomic E-state index is -0.428. The van der Waals surface area contributed by atoms with E-state index in [0.29, 0.717) is 6.54 Å². The molecular formula is C14H28N2O2. The van der Waals surface area contributed by atoms with Gasteiger partial charge in [0, 0.05) is 19.7 Å². The first-order chi connectivity index (χ1) is 8.36. The van der Waals surface area contributed by atoms with Crippen LogP contribution in [0.2, 0.25) is 0 Å². The van der Waals surface area contributed by atoms with Crippen LogP contribution < -0.4 is 5.73 Å². The van der Waals surface area contributed by atoms with Crippen molar-refractivity contribution in [3.8, 4) is 0 Å². The fraction of sp³-hybridized carbons (Fsp3) is 0.929. The summed E-state index contributed by atoms with van der Waals surface area (Å²) in [5.74, 6) is 0.0623. The Hall–Kier alpha value is -0.610. The minimum absolute atomic E-state index is 0.0623. The van der Waals surface area contributed by atoms with Crippen molar-refractivity contribution in [2.75, 3.05) is 19.7 Å². The maximum Gasteiger partial charge on any atom is 0.240 e. The molecule has 0 aromatic heterocycles. The van der Waals surface area contributed by atoms with Gasteiger partial charge in [0.15, 0.2) is 0 Å². The summed E-state index contributed by atoms with van der Waals surface area (Å²) in [6.07, 6.45) is 3.27. The Morgan fingerprint density at radius 2 is 2.17 bits per heavy atom. The number of nitrogens with two attached hydrogens (primary N) is 1. The third-order valence-corrected chi connectivity index (χ3v) is 3.45. The summed E-state index contributed by atoms with van der Waals surface area (Å²) < 4.78 is 5.74. The van der Waals surface area contributed by atoms with Crippen molar-refractivity contribution in [3.63, 3.8) is 0 Å². The van der Waals surface area contributed by atoms with E-state index in [9.17, 15) is 4.79 Å². The van der Waals surface area contributed by atoms with Gasteiger partial charge < -0.3 is 15.4 Å². The SMILES string of the molecule is CCCOC1CCCN(C(=O)C(N)C(C)(C)C)C1. The lowest BCUT2D eigenvalue weighted by molar-refractivity contribution is -0.139. The average Bonchev–Trinajstić information content (AvgIpc) is 2.33. The van der Waals surface area contributed by atoms with Gasteiger partial charge in [-0.05, 0) is 24.7 Å². The zero-order chi connectivity index (χ0) is 13.8. The smallest absolute Gasteiger partial charge is 0.240 e. The van der Waals surface area contributed by atoms with Crippen molar-refractivity contribution in [1.29, 1.82) is 0 Å². The molecule has 18 heavy (non-hydrogen) atoms. The van der Waals surface area contributed by atoms with E-state index in [1.54, 1.807) is 0 Å². The number of hydrogen-bond donors (Lipinski definition) is 1. The van der Waals surface area contributed by atoms with Crippen LogP contribution in [0.25, 0.3) is 0 Å². The Morgan fingerprint density at radius 1 is 1.50 bits per heavy atom. The fourth-order valence-corrected chi connectivity index (χ4v) is 2.13. The zero-order valence-electron chi connectivity index (χ0n) is 12.2. The number of carbonyl (C=O) groups is 1. The summed E-state index contributed by atoms with van der Waals surface area (Å²) in [4.78, 5) is 14.2. The summed E-state index contributed by atoms with van der Waals surface area (Å²) in [5.41, 5.74) is 5.85. The highest BCUT2D eigenvalue weighted by Crippen LogP contribution is 2.21. The van der Waals surface area contributed by atoms with Crippen molar-refractivity contribution >= 4 is 5.91 Å². The van der Waals surface area contributed by atoms with Crippen molar-refractivity contribution in [1.82, 2.24) is 4.90 Å². The number of nitrogens with zero attached hydrogens (tertiary/aromatic N) is 1. The molecule has 2 unspecified atom stereocenters. The predicted molar refractivity (Wildman–Crippen MR) is 73.3 cm³/mol. The van der Waals surface area contributed by atoms with Gasteiger partial charge in [0.1, 0.15) is 0 Å². The first-order valence-corrected chi connectivity index (χ1v) is 7.02. The number of rotatable bonds is 4. The van der Waals surface area contributed by atoms with Crippen LogP contribution in [0.15, 0.2) is 0 Å². The highest BCUT2D eigenvalue weighted by atomic mass is 16.5. The molecule has 1 rings (SSSR count). The van der Waals surface area contributed by atoms with Gasteiger partial charge in [-0.25, -0.2) is 0 Å². The number of hydrogen-bond acceptors (Lipinski definition) is 3. The molecule has 1 amide bonds. The summed E-state index contributed by atoms with van der Waals surface area (Å²) in [6, 6.07) is -0.428. The highest BCUT2D eigenvalue weighted by Gasteiger charge is 2.33. The Kier molecular flexibility index (Phi) is 5.60. The average molecular weight is 256 g/mol. The van der Waals surface area contributed by atoms with Gasteiger partial charge in [0.25, 0.3) is 0 Å². The van der Waals surface area contributed by atoms with E-state index >= 15 is 0 Å². The van der Waals surface area contributed by atoms with E-state index in [1.807, 2.05) is 25.7 Å². The van der Waals surface area contributed by atoms with Crippen LogP contribution in [0.4, 0.5) is 0 Å². The molecular weight excluding hydrogens is 228 g/mol. The summed E-state index contributed by atoms with van der Waals surface area (Å²) in [7, 11) is 0. The van der Waals surface area contributed by atoms with Crippen LogP contribution in [0, 0.1) is 5.41 Å². The third kappa shape index (κ3) is 4.25. The molecule has 4 nitrogen and oxygen atoms in total. The van der Waals surface area contributed by atoms with E-state index in [4.69, 9.17) is 10.5 Å². The van der Waals surface area contributed by atoms with Crippen molar-refractivity contribution < 1.29 is 9.53 Å². The Labute approximate surface area is 111 Å². The topological polar surface area (TPSA) is 55.6 Å². The monoisotopic (exact) mass is 256 g/mol. The third-order valence-electron chi connectivity index (χ3n) is 3.45. The fourth-order valence-electron chi connectivity index (χ4n) is 2.13. The maximum atomic E-state index is 12.3. The molecule has 1 heterocycles. The van der Waals surface area contributed by atoms with Crippen molar-refractivity contribution in [3.05, 3.63) is 0 Å². The molecule has 1 aliphatic heterocycles. The van der Waals surface area contributed by atoms with Gasteiger partial charge in [-0.15, -0.1) is 0 Å². The van der Waals surface area contributed by atoms with E-state index in [-0.39, 0.29) is 17.4 Å². The lowest BCUT2D eigenvalue weighted by Gasteiger charge is -2.37. The van der Waals surface area contributed by atoms with E-state index in [0.717, 1.165) is 32.4 Å². The Bertz CT molecular complexity index is 273. The Balaban J connectivity index is 2.53. The van der Waals surface area contributed by atoms with Gasteiger partial charge in [-0.3, -0.25) is 4.79 Å². The summed E-state index contributed by atoms with van der Waals surface area (Å²) in [5, 5.41) is 0. The predicted octanol–water partition coefficient (Wildman–Crippen LogP) is 1.78. The molecule has 1 saturated heterocycles.